The van der Waals surface area contributed by atoms with Crippen LogP contribution in [0.3, 0.4) is 0 Å². The monoisotopic (exact) mass is 399 g/mol. The van der Waals surface area contributed by atoms with Gasteiger partial charge in [0.25, 0.3) is 5.91 Å². The molecule has 0 saturated heterocycles. The number of pyridine rings is 1. The lowest BCUT2D eigenvalue weighted by Gasteiger charge is -2.37. The Hall–Kier alpha value is -2.41. The van der Waals surface area contributed by atoms with Crippen LogP contribution in [0.15, 0.2) is 47.0 Å². The van der Waals surface area contributed by atoms with Crippen LogP contribution < -0.4 is 16.0 Å². The van der Waals surface area contributed by atoms with Gasteiger partial charge in [0.05, 0.1) is 5.56 Å². The summed E-state index contributed by atoms with van der Waals surface area (Å²) >= 11 is 1.86. The SMILES string of the molecule is CN=C(NCCNC(=O)c1cccnc1)NCC1(c2cccs2)CCCCC1. The molecule has 0 unspecified atom stereocenters. The third kappa shape index (κ3) is 5.32. The molecule has 3 N–H and O–H groups in total. The smallest absolute Gasteiger partial charge is 0.252 e. The first kappa shape index (κ1) is 20.3. The highest BCUT2D eigenvalue weighted by Gasteiger charge is 2.34. The summed E-state index contributed by atoms with van der Waals surface area (Å²) in [4.78, 5) is 21.8. The Morgan fingerprint density at radius 3 is 2.64 bits per heavy atom. The van der Waals surface area contributed by atoms with E-state index in [4.69, 9.17) is 0 Å². The molecule has 0 atom stereocenters. The van der Waals surface area contributed by atoms with E-state index in [1.54, 1.807) is 31.6 Å². The molecular weight excluding hydrogens is 370 g/mol. The van der Waals surface area contributed by atoms with Gasteiger partial charge in [-0.1, -0.05) is 25.3 Å². The van der Waals surface area contributed by atoms with Crippen molar-refractivity contribution >= 4 is 23.2 Å². The lowest BCUT2D eigenvalue weighted by atomic mass is 9.73. The quantitative estimate of drug-likeness (QED) is 0.380. The summed E-state index contributed by atoms with van der Waals surface area (Å²) in [6, 6.07) is 7.92. The molecule has 1 fully saturated rings. The van der Waals surface area contributed by atoms with Crippen LogP contribution in [0, 0.1) is 0 Å². The third-order valence-corrected chi connectivity index (χ3v) is 6.42. The first-order valence-corrected chi connectivity index (χ1v) is 10.8. The van der Waals surface area contributed by atoms with Crippen LogP contribution in [0.4, 0.5) is 0 Å². The summed E-state index contributed by atoms with van der Waals surface area (Å²) in [5.41, 5.74) is 0.777. The number of carbonyl (C=O) groups excluding carboxylic acids is 1. The van der Waals surface area contributed by atoms with Crippen LogP contribution in [-0.4, -0.2) is 43.5 Å². The zero-order valence-electron chi connectivity index (χ0n) is 16.4. The van der Waals surface area contributed by atoms with Gasteiger partial charge < -0.3 is 16.0 Å². The van der Waals surface area contributed by atoms with Gasteiger partial charge in [-0.2, -0.15) is 0 Å². The van der Waals surface area contributed by atoms with E-state index >= 15 is 0 Å². The van der Waals surface area contributed by atoms with E-state index in [0.29, 0.717) is 18.7 Å². The number of rotatable bonds is 7. The maximum absolute atomic E-state index is 12.0. The number of thiophene rings is 1. The zero-order chi connectivity index (χ0) is 19.7. The molecule has 2 aromatic rings. The fraction of sp³-hybridized carbons (Fsp3) is 0.476. The number of aliphatic imine (C=N–C) groups is 1. The average molecular weight is 400 g/mol. The Kier molecular flexibility index (Phi) is 7.42. The van der Waals surface area contributed by atoms with E-state index in [1.807, 2.05) is 11.3 Å². The topological polar surface area (TPSA) is 78.4 Å². The summed E-state index contributed by atoms with van der Waals surface area (Å²) < 4.78 is 0. The number of nitrogens with zero attached hydrogens (tertiary/aromatic N) is 2. The Morgan fingerprint density at radius 2 is 1.96 bits per heavy atom. The second-order valence-corrected chi connectivity index (χ2v) is 8.12. The highest BCUT2D eigenvalue weighted by atomic mass is 32.1. The molecule has 3 rings (SSSR count). The third-order valence-electron chi connectivity index (χ3n) is 5.30. The molecule has 0 bridgehead atoms. The Labute approximate surface area is 170 Å². The second-order valence-electron chi connectivity index (χ2n) is 7.17. The number of amides is 1. The molecule has 2 heterocycles. The molecule has 0 aromatic carbocycles. The van der Waals surface area contributed by atoms with Gasteiger partial charge in [-0.25, -0.2) is 0 Å². The van der Waals surface area contributed by atoms with Gasteiger partial charge in [0.2, 0.25) is 0 Å². The highest BCUT2D eigenvalue weighted by molar-refractivity contribution is 7.10. The fourth-order valence-electron chi connectivity index (χ4n) is 3.75. The van der Waals surface area contributed by atoms with Crippen LogP contribution in [0.2, 0.25) is 0 Å². The summed E-state index contributed by atoms with van der Waals surface area (Å²) in [5.74, 6) is 0.661. The van der Waals surface area contributed by atoms with Gasteiger partial charge in [0, 0.05) is 49.4 Å². The molecular formula is C21H29N5OS. The largest absolute Gasteiger partial charge is 0.355 e. The number of hydrogen-bond acceptors (Lipinski definition) is 4. The van der Waals surface area contributed by atoms with Crippen molar-refractivity contribution in [3.05, 3.63) is 52.5 Å². The summed E-state index contributed by atoms with van der Waals surface area (Å²) in [5, 5.41) is 11.9. The van der Waals surface area contributed by atoms with E-state index in [9.17, 15) is 4.79 Å². The molecule has 1 saturated carbocycles. The Balaban J connectivity index is 1.46. The number of nitrogens with one attached hydrogen (secondary N) is 3. The maximum atomic E-state index is 12.0. The van der Waals surface area contributed by atoms with E-state index in [-0.39, 0.29) is 11.3 Å². The minimum absolute atomic E-state index is 0.114. The van der Waals surface area contributed by atoms with E-state index in [1.165, 1.54) is 37.0 Å². The van der Waals surface area contributed by atoms with Crippen molar-refractivity contribution in [3.8, 4) is 0 Å². The summed E-state index contributed by atoms with van der Waals surface area (Å²) in [7, 11) is 1.78. The first-order chi connectivity index (χ1) is 13.7. The van der Waals surface area contributed by atoms with Crippen molar-refractivity contribution in [1.82, 2.24) is 20.9 Å². The van der Waals surface area contributed by atoms with Crippen LogP contribution >= 0.6 is 11.3 Å². The average Bonchev–Trinajstić information content (AvgIpc) is 3.30. The van der Waals surface area contributed by atoms with Crippen LogP contribution in [0.25, 0.3) is 0 Å². The molecule has 150 valence electrons. The number of guanidine groups is 1. The van der Waals surface area contributed by atoms with Gasteiger partial charge in [-0.05, 0) is 36.4 Å². The molecule has 1 aliphatic rings. The van der Waals surface area contributed by atoms with Crippen molar-refractivity contribution in [3.63, 3.8) is 0 Å². The predicted octanol–water partition coefficient (Wildman–Crippen LogP) is 2.94. The van der Waals surface area contributed by atoms with Crippen molar-refractivity contribution in [2.75, 3.05) is 26.7 Å². The van der Waals surface area contributed by atoms with Crippen molar-refractivity contribution in [2.24, 2.45) is 4.99 Å². The van der Waals surface area contributed by atoms with Gasteiger partial charge in [-0.3, -0.25) is 14.8 Å². The molecule has 0 spiro atoms. The highest BCUT2D eigenvalue weighted by Crippen LogP contribution is 2.41. The van der Waals surface area contributed by atoms with E-state index in [0.717, 1.165) is 12.5 Å². The van der Waals surface area contributed by atoms with E-state index < -0.39 is 0 Å². The maximum Gasteiger partial charge on any atom is 0.252 e. The van der Waals surface area contributed by atoms with Gasteiger partial charge in [-0.15, -0.1) is 11.3 Å². The van der Waals surface area contributed by atoms with Gasteiger partial charge in [0.15, 0.2) is 5.96 Å². The molecule has 0 aliphatic heterocycles. The fourth-order valence-corrected chi connectivity index (χ4v) is 4.74. The van der Waals surface area contributed by atoms with Gasteiger partial charge in [0.1, 0.15) is 0 Å². The van der Waals surface area contributed by atoms with E-state index in [2.05, 4.69) is 43.4 Å². The minimum Gasteiger partial charge on any atom is -0.355 e. The lowest BCUT2D eigenvalue weighted by Crippen LogP contribution is -2.47. The molecule has 6 nitrogen and oxygen atoms in total. The minimum atomic E-state index is -0.114. The number of carbonyl (C=O) groups is 1. The second kappa shape index (κ2) is 10.2. The molecule has 7 heteroatoms. The van der Waals surface area contributed by atoms with Crippen LogP contribution in [-0.2, 0) is 5.41 Å². The Morgan fingerprint density at radius 1 is 1.14 bits per heavy atom. The first-order valence-electron chi connectivity index (χ1n) is 9.90. The van der Waals surface area contributed by atoms with Gasteiger partial charge >= 0.3 is 0 Å². The Bertz CT molecular complexity index is 754. The molecule has 1 aliphatic carbocycles. The standard InChI is InChI=1S/C21H29N5OS/c1-22-20(25-13-12-24-19(27)17-7-5-11-23-15-17)26-16-21(9-3-2-4-10-21)18-8-6-14-28-18/h5-8,11,14-15H,2-4,9-10,12-13,16H2,1H3,(H,24,27)(H2,22,25,26). The molecule has 1 amide bonds. The molecule has 0 radical (unpaired) electrons. The molecule has 2 aromatic heterocycles. The zero-order valence-corrected chi connectivity index (χ0v) is 17.2. The lowest BCUT2D eigenvalue weighted by molar-refractivity contribution is 0.0954. The van der Waals surface area contributed by atoms with Crippen molar-refractivity contribution in [2.45, 2.75) is 37.5 Å². The van der Waals surface area contributed by atoms with Crippen molar-refractivity contribution < 1.29 is 4.79 Å². The predicted molar refractivity (Wildman–Crippen MR) is 115 cm³/mol. The normalized spacial score (nSPS) is 16.4. The summed E-state index contributed by atoms with van der Waals surface area (Å²) in [6.07, 6.45) is 9.56. The van der Waals surface area contributed by atoms with Crippen LogP contribution in [0.1, 0.15) is 47.3 Å². The van der Waals surface area contributed by atoms with Crippen LogP contribution in [0.5, 0.6) is 0 Å². The molecule has 28 heavy (non-hydrogen) atoms. The number of hydrogen-bond donors (Lipinski definition) is 3. The van der Waals surface area contributed by atoms with Crippen molar-refractivity contribution in [1.29, 1.82) is 0 Å². The summed E-state index contributed by atoms with van der Waals surface area (Å²) in [6.45, 7) is 2.01. The number of aromatic nitrogens is 1.